The highest BCUT2D eigenvalue weighted by molar-refractivity contribution is 5.84. The maximum atomic E-state index is 12.0. The molecule has 1 fully saturated rings. The van der Waals surface area contributed by atoms with Crippen LogP contribution in [0.5, 0.6) is 0 Å². The molecule has 1 rings (SSSR count). The van der Waals surface area contributed by atoms with Gasteiger partial charge in [0.1, 0.15) is 0 Å². The Morgan fingerprint density at radius 2 is 2.00 bits per heavy atom. The van der Waals surface area contributed by atoms with E-state index in [4.69, 9.17) is 0 Å². The summed E-state index contributed by atoms with van der Waals surface area (Å²) in [6.45, 7) is 8.44. The molecule has 0 aromatic carbocycles. The fourth-order valence-corrected chi connectivity index (χ4v) is 2.05. The summed E-state index contributed by atoms with van der Waals surface area (Å²) >= 11 is 0. The highest BCUT2D eigenvalue weighted by Crippen LogP contribution is 2.19. The number of hydrogen-bond acceptors (Lipinski definition) is 2. The summed E-state index contributed by atoms with van der Waals surface area (Å²) in [5.41, 5.74) is 0. The van der Waals surface area contributed by atoms with Crippen LogP contribution < -0.4 is 5.32 Å². The third-order valence-electron chi connectivity index (χ3n) is 3.14. The smallest absolute Gasteiger partial charge is 0.241 e. The Morgan fingerprint density at radius 1 is 1.36 bits per heavy atom. The van der Waals surface area contributed by atoms with Crippen molar-refractivity contribution >= 4 is 5.91 Å². The van der Waals surface area contributed by atoms with Crippen LogP contribution in [0.25, 0.3) is 0 Å². The van der Waals surface area contributed by atoms with Gasteiger partial charge in [0.05, 0.1) is 12.2 Å². The van der Waals surface area contributed by atoms with E-state index >= 15 is 0 Å². The van der Waals surface area contributed by atoms with E-state index in [1.165, 1.54) is 0 Å². The van der Waals surface area contributed by atoms with Gasteiger partial charge in [-0.2, -0.15) is 0 Å². The first kappa shape index (κ1) is 11.5. The van der Waals surface area contributed by atoms with Crippen LogP contribution >= 0.6 is 0 Å². The molecular formula is C11H22N2O. The number of amides is 1. The van der Waals surface area contributed by atoms with Crippen molar-refractivity contribution in [2.45, 2.75) is 65.2 Å². The van der Waals surface area contributed by atoms with Gasteiger partial charge in [0, 0.05) is 6.04 Å². The Bertz CT molecular complexity index is 205. The molecule has 3 unspecified atom stereocenters. The lowest BCUT2D eigenvalue weighted by Crippen LogP contribution is -2.42. The van der Waals surface area contributed by atoms with E-state index in [0.29, 0.717) is 6.04 Å². The topological polar surface area (TPSA) is 32.3 Å². The minimum absolute atomic E-state index is 0.0500. The van der Waals surface area contributed by atoms with Crippen molar-refractivity contribution in [3.05, 3.63) is 0 Å². The highest BCUT2D eigenvalue weighted by atomic mass is 16.2. The zero-order valence-electron chi connectivity index (χ0n) is 9.71. The molecule has 1 N–H and O–H groups in total. The predicted molar refractivity (Wildman–Crippen MR) is 57.9 cm³/mol. The standard InChI is InChI=1S/C11H22N2O/c1-5-8(4)13-10(7-3)12-9(6-2)11(13)14/h8-10,12H,5-7H2,1-4H3. The lowest BCUT2D eigenvalue weighted by Gasteiger charge is -2.28. The van der Waals surface area contributed by atoms with Gasteiger partial charge in [-0.3, -0.25) is 10.1 Å². The van der Waals surface area contributed by atoms with Gasteiger partial charge >= 0.3 is 0 Å². The molecule has 1 aliphatic rings. The predicted octanol–water partition coefficient (Wildman–Crippen LogP) is 1.73. The quantitative estimate of drug-likeness (QED) is 0.746. The molecule has 3 nitrogen and oxygen atoms in total. The minimum atomic E-state index is 0.0500. The van der Waals surface area contributed by atoms with Crippen LogP contribution in [0.2, 0.25) is 0 Å². The van der Waals surface area contributed by atoms with Gasteiger partial charge in [-0.15, -0.1) is 0 Å². The average Bonchev–Trinajstić information content (AvgIpc) is 2.53. The van der Waals surface area contributed by atoms with Crippen molar-refractivity contribution in [2.75, 3.05) is 0 Å². The number of rotatable bonds is 4. The zero-order valence-corrected chi connectivity index (χ0v) is 9.71. The van der Waals surface area contributed by atoms with E-state index in [9.17, 15) is 4.79 Å². The van der Waals surface area contributed by atoms with Crippen LogP contribution in [0.3, 0.4) is 0 Å². The van der Waals surface area contributed by atoms with Gasteiger partial charge in [-0.05, 0) is 26.2 Å². The van der Waals surface area contributed by atoms with Crippen LogP contribution in [0.15, 0.2) is 0 Å². The first-order valence-electron chi connectivity index (χ1n) is 5.73. The summed E-state index contributed by atoms with van der Waals surface area (Å²) in [6, 6.07) is 0.408. The summed E-state index contributed by atoms with van der Waals surface area (Å²) in [4.78, 5) is 14.0. The second-order valence-electron chi connectivity index (χ2n) is 4.05. The molecule has 1 heterocycles. The number of nitrogens with one attached hydrogen (secondary N) is 1. The molecule has 1 amide bonds. The summed E-state index contributed by atoms with van der Waals surface area (Å²) in [5, 5.41) is 3.38. The number of nitrogens with zero attached hydrogens (tertiary/aromatic N) is 1. The van der Waals surface area contributed by atoms with E-state index in [1.807, 2.05) is 4.90 Å². The van der Waals surface area contributed by atoms with E-state index in [2.05, 4.69) is 33.0 Å². The molecule has 0 aromatic rings. The van der Waals surface area contributed by atoms with Crippen molar-refractivity contribution in [3.63, 3.8) is 0 Å². The Morgan fingerprint density at radius 3 is 2.43 bits per heavy atom. The second-order valence-corrected chi connectivity index (χ2v) is 4.05. The molecule has 0 spiro atoms. The third-order valence-corrected chi connectivity index (χ3v) is 3.14. The van der Waals surface area contributed by atoms with Crippen LogP contribution in [-0.4, -0.2) is 29.1 Å². The molecule has 1 saturated heterocycles. The van der Waals surface area contributed by atoms with Crippen LogP contribution in [0.4, 0.5) is 0 Å². The van der Waals surface area contributed by atoms with E-state index < -0.39 is 0 Å². The second kappa shape index (κ2) is 4.78. The Balaban J connectivity index is 2.75. The SMILES string of the molecule is CCC1NC(CC)N(C(C)CC)C1=O. The molecule has 14 heavy (non-hydrogen) atoms. The van der Waals surface area contributed by atoms with Gasteiger partial charge < -0.3 is 4.90 Å². The van der Waals surface area contributed by atoms with Crippen molar-refractivity contribution < 1.29 is 4.79 Å². The lowest BCUT2D eigenvalue weighted by molar-refractivity contribution is -0.132. The van der Waals surface area contributed by atoms with E-state index in [0.717, 1.165) is 19.3 Å². The van der Waals surface area contributed by atoms with E-state index in [1.54, 1.807) is 0 Å². The molecule has 1 aliphatic heterocycles. The van der Waals surface area contributed by atoms with Gasteiger partial charge in [-0.25, -0.2) is 0 Å². The summed E-state index contributed by atoms with van der Waals surface area (Å²) < 4.78 is 0. The molecule has 3 heteroatoms. The largest absolute Gasteiger partial charge is 0.323 e. The minimum Gasteiger partial charge on any atom is -0.323 e. The average molecular weight is 198 g/mol. The third kappa shape index (κ3) is 1.92. The van der Waals surface area contributed by atoms with Gasteiger partial charge in [0.25, 0.3) is 0 Å². The number of carbonyl (C=O) groups is 1. The molecule has 0 radical (unpaired) electrons. The van der Waals surface area contributed by atoms with Crippen molar-refractivity contribution in [3.8, 4) is 0 Å². The van der Waals surface area contributed by atoms with Crippen LogP contribution in [0, 0.1) is 0 Å². The number of hydrogen-bond donors (Lipinski definition) is 1. The summed E-state index contributed by atoms with van der Waals surface area (Å²) in [5.74, 6) is 0.286. The van der Waals surface area contributed by atoms with E-state index in [-0.39, 0.29) is 18.1 Å². The maximum Gasteiger partial charge on any atom is 0.241 e. The highest BCUT2D eigenvalue weighted by Gasteiger charge is 2.38. The van der Waals surface area contributed by atoms with Gasteiger partial charge in [0.15, 0.2) is 0 Å². The molecular weight excluding hydrogens is 176 g/mol. The Kier molecular flexibility index (Phi) is 3.93. The first-order chi connectivity index (χ1) is 6.65. The number of carbonyl (C=O) groups excluding carboxylic acids is 1. The molecule has 82 valence electrons. The zero-order chi connectivity index (χ0) is 10.7. The Hall–Kier alpha value is -0.570. The summed E-state index contributed by atoms with van der Waals surface area (Å²) in [7, 11) is 0. The molecule has 0 aromatic heterocycles. The fraction of sp³-hybridized carbons (Fsp3) is 0.909. The summed E-state index contributed by atoms with van der Waals surface area (Å²) in [6.07, 6.45) is 3.16. The van der Waals surface area contributed by atoms with Crippen molar-refractivity contribution in [1.29, 1.82) is 0 Å². The van der Waals surface area contributed by atoms with Gasteiger partial charge in [-0.1, -0.05) is 20.8 Å². The normalized spacial score (nSPS) is 29.7. The van der Waals surface area contributed by atoms with Crippen LogP contribution in [-0.2, 0) is 4.79 Å². The fourth-order valence-electron chi connectivity index (χ4n) is 2.05. The van der Waals surface area contributed by atoms with Gasteiger partial charge in [0.2, 0.25) is 5.91 Å². The monoisotopic (exact) mass is 198 g/mol. The van der Waals surface area contributed by atoms with Crippen molar-refractivity contribution in [2.24, 2.45) is 0 Å². The molecule has 0 bridgehead atoms. The molecule has 0 aliphatic carbocycles. The Labute approximate surface area is 86.9 Å². The molecule has 0 saturated carbocycles. The van der Waals surface area contributed by atoms with Crippen molar-refractivity contribution in [1.82, 2.24) is 10.2 Å². The lowest BCUT2D eigenvalue weighted by atomic mass is 10.2. The molecule has 3 atom stereocenters. The maximum absolute atomic E-state index is 12.0. The van der Waals surface area contributed by atoms with Crippen LogP contribution in [0.1, 0.15) is 47.0 Å². The first-order valence-corrected chi connectivity index (χ1v) is 5.73.